The predicted octanol–water partition coefficient (Wildman–Crippen LogP) is 6.58. The van der Waals surface area contributed by atoms with Gasteiger partial charge in [-0.25, -0.2) is 0 Å². The topological polar surface area (TPSA) is 28.3 Å². The first kappa shape index (κ1) is 19.0. The second kappa shape index (κ2) is 7.45. The second-order valence-corrected chi connectivity index (χ2v) is 8.55. The summed E-state index contributed by atoms with van der Waals surface area (Å²) >= 11 is 0. The molecule has 6 rings (SSSR count). The van der Waals surface area contributed by atoms with Crippen LogP contribution in [0.1, 0.15) is 40.4 Å². The first-order valence-electron chi connectivity index (χ1n) is 11.2. The zero-order chi connectivity index (χ0) is 21.7. The molecule has 3 nitrogen and oxygen atoms in total. The summed E-state index contributed by atoms with van der Waals surface area (Å²) in [6.45, 7) is 5.04. The average molecular weight is 419 g/mol. The van der Waals surface area contributed by atoms with Crippen molar-refractivity contribution in [2.24, 2.45) is 0 Å². The van der Waals surface area contributed by atoms with Gasteiger partial charge in [-0.3, -0.25) is 0 Å². The van der Waals surface area contributed by atoms with Crippen molar-refractivity contribution in [3.63, 3.8) is 0 Å². The minimum absolute atomic E-state index is 0.164. The molecule has 2 aliphatic heterocycles. The summed E-state index contributed by atoms with van der Waals surface area (Å²) in [5.41, 5.74) is 10.5. The standard InChI is InChI=1S/C29H26N2O/c1-3-9-23-21-12-7-8-13-24(21)29-27-22(25-18-20(32-2)14-15-26(25)30-27)16-17-31(29)28(23)19-10-5-4-6-11-19/h3-8,10-15,18,29-30H,1,9,16-17H2,2H3. The van der Waals surface area contributed by atoms with Gasteiger partial charge in [-0.2, -0.15) is 0 Å². The normalized spacial score (nSPS) is 17.0. The van der Waals surface area contributed by atoms with Crippen molar-refractivity contribution in [2.45, 2.75) is 18.9 Å². The lowest BCUT2D eigenvalue weighted by molar-refractivity contribution is 0.312. The largest absolute Gasteiger partial charge is 0.497 e. The van der Waals surface area contributed by atoms with Gasteiger partial charge in [0.15, 0.2) is 0 Å². The van der Waals surface area contributed by atoms with Gasteiger partial charge >= 0.3 is 0 Å². The number of hydrogen-bond donors (Lipinski definition) is 1. The molecule has 1 atom stereocenters. The number of ether oxygens (including phenoxy) is 1. The molecule has 3 heteroatoms. The number of H-pyrrole nitrogens is 1. The van der Waals surface area contributed by atoms with Gasteiger partial charge in [-0.15, -0.1) is 6.58 Å². The van der Waals surface area contributed by atoms with E-state index < -0.39 is 0 Å². The lowest BCUT2D eigenvalue weighted by Gasteiger charge is -2.44. The number of fused-ring (bicyclic) bond motifs is 7. The van der Waals surface area contributed by atoms with Crippen LogP contribution in [0.4, 0.5) is 0 Å². The molecule has 4 aromatic rings. The fourth-order valence-corrected chi connectivity index (χ4v) is 5.56. The number of nitrogens with zero attached hydrogens (tertiary/aromatic N) is 1. The average Bonchev–Trinajstić information content (AvgIpc) is 3.22. The minimum Gasteiger partial charge on any atom is -0.497 e. The number of nitrogens with one attached hydrogen (secondary N) is 1. The Morgan fingerprint density at radius 1 is 1.06 bits per heavy atom. The van der Waals surface area contributed by atoms with Crippen LogP contribution in [0.2, 0.25) is 0 Å². The number of aromatic nitrogens is 1. The van der Waals surface area contributed by atoms with E-state index in [1.807, 2.05) is 12.1 Å². The fourth-order valence-electron chi connectivity index (χ4n) is 5.56. The molecule has 1 N–H and O–H groups in total. The molecule has 158 valence electrons. The first-order valence-corrected chi connectivity index (χ1v) is 11.2. The third-order valence-electron chi connectivity index (χ3n) is 6.88. The molecule has 32 heavy (non-hydrogen) atoms. The van der Waals surface area contributed by atoms with Gasteiger partial charge in [-0.05, 0) is 58.9 Å². The summed E-state index contributed by atoms with van der Waals surface area (Å²) in [6, 6.07) is 26.2. The van der Waals surface area contributed by atoms with E-state index in [2.05, 4.69) is 83.2 Å². The van der Waals surface area contributed by atoms with E-state index in [1.54, 1.807) is 7.11 Å². The molecule has 0 spiro atoms. The predicted molar refractivity (Wildman–Crippen MR) is 132 cm³/mol. The molecule has 0 amide bonds. The Morgan fingerprint density at radius 2 is 1.88 bits per heavy atom. The Kier molecular flexibility index (Phi) is 4.43. The van der Waals surface area contributed by atoms with Crippen LogP contribution < -0.4 is 4.74 Å². The Labute approximate surface area is 188 Å². The van der Waals surface area contributed by atoms with Crippen molar-refractivity contribution in [1.82, 2.24) is 9.88 Å². The lowest BCUT2D eigenvalue weighted by Crippen LogP contribution is -2.38. The van der Waals surface area contributed by atoms with E-state index in [1.165, 1.54) is 50.1 Å². The molecule has 0 bridgehead atoms. The number of rotatable bonds is 4. The molecule has 0 aliphatic carbocycles. The Bertz CT molecular complexity index is 1360. The van der Waals surface area contributed by atoms with E-state index in [0.29, 0.717) is 0 Å². The van der Waals surface area contributed by atoms with Gasteiger partial charge < -0.3 is 14.6 Å². The molecule has 0 saturated carbocycles. The van der Waals surface area contributed by atoms with Crippen LogP contribution in [-0.4, -0.2) is 23.5 Å². The highest BCUT2D eigenvalue weighted by Gasteiger charge is 2.38. The van der Waals surface area contributed by atoms with Crippen molar-refractivity contribution in [3.8, 4) is 5.75 Å². The second-order valence-electron chi connectivity index (χ2n) is 8.55. The maximum atomic E-state index is 5.52. The van der Waals surface area contributed by atoms with Crippen LogP contribution in [0.3, 0.4) is 0 Å². The fraction of sp³-hybridized carbons (Fsp3) is 0.172. The molecule has 0 fully saturated rings. The van der Waals surface area contributed by atoms with Gasteiger partial charge in [-0.1, -0.05) is 60.7 Å². The summed E-state index contributed by atoms with van der Waals surface area (Å²) in [5.74, 6) is 0.906. The zero-order valence-corrected chi connectivity index (χ0v) is 18.3. The molecule has 3 aromatic carbocycles. The van der Waals surface area contributed by atoms with Gasteiger partial charge in [0.25, 0.3) is 0 Å². The minimum atomic E-state index is 0.164. The maximum Gasteiger partial charge on any atom is 0.119 e. The number of hydrogen-bond acceptors (Lipinski definition) is 2. The van der Waals surface area contributed by atoms with E-state index in [0.717, 1.165) is 25.1 Å². The highest BCUT2D eigenvalue weighted by Crippen LogP contribution is 2.50. The third kappa shape index (κ3) is 2.74. The lowest BCUT2D eigenvalue weighted by atomic mass is 9.80. The van der Waals surface area contributed by atoms with Crippen molar-refractivity contribution < 1.29 is 4.74 Å². The molecule has 1 aromatic heterocycles. The number of allylic oxidation sites excluding steroid dienone is 2. The quantitative estimate of drug-likeness (QED) is 0.379. The SMILES string of the molecule is C=CCC1=C(c2ccccc2)N2CCc3c([nH]c4ccc(OC)cc34)C2c2ccccc21. The summed E-state index contributed by atoms with van der Waals surface area (Å²) in [6.07, 6.45) is 3.88. The monoisotopic (exact) mass is 418 g/mol. The first-order chi connectivity index (χ1) is 15.8. The molecular formula is C29H26N2O. The van der Waals surface area contributed by atoms with E-state index in [9.17, 15) is 0 Å². The van der Waals surface area contributed by atoms with Crippen LogP contribution in [0.15, 0.2) is 85.5 Å². The molecule has 0 saturated heterocycles. The number of aromatic amines is 1. The molecular weight excluding hydrogens is 392 g/mol. The summed E-state index contributed by atoms with van der Waals surface area (Å²) in [7, 11) is 1.73. The van der Waals surface area contributed by atoms with E-state index >= 15 is 0 Å². The molecule has 2 aliphatic rings. The summed E-state index contributed by atoms with van der Waals surface area (Å²) in [4.78, 5) is 6.39. The Morgan fingerprint density at radius 3 is 2.69 bits per heavy atom. The van der Waals surface area contributed by atoms with Gasteiger partial charge in [0, 0.05) is 28.8 Å². The highest BCUT2D eigenvalue weighted by molar-refractivity contribution is 5.95. The van der Waals surface area contributed by atoms with Crippen molar-refractivity contribution in [3.05, 3.63) is 113 Å². The summed E-state index contributed by atoms with van der Waals surface area (Å²) < 4.78 is 5.52. The van der Waals surface area contributed by atoms with Crippen LogP contribution in [0.25, 0.3) is 22.2 Å². The number of benzene rings is 3. The third-order valence-corrected chi connectivity index (χ3v) is 6.88. The van der Waals surface area contributed by atoms with Gasteiger partial charge in [0.05, 0.1) is 13.2 Å². The van der Waals surface area contributed by atoms with E-state index in [-0.39, 0.29) is 6.04 Å². The molecule has 3 heterocycles. The number of methoxy groups -OCH3 is 1. The van der Waals surface area contributed by atoms with Crippen LogP contribution in [0, 0.1) is 0 Å². The van der Waals surface area contributed by atoms with Crippen molar-refractivity contribution >= 4 is 22.2 Å². The van der Waals surface area contributed by atoms with Crippen LogP contribution >= 0.6 is 0 Å². The Balaban J connectivity index is 1.63. The van der Waals surface area contributed by atoms with Crippen LogP contribution in [0.5, 0.6) is 5.75 Å². The van der Waals surface area contributed by atoms with Gasteiger partial charge in [0.1, 0.15) is 5.75 Å². The van der Waals surface area contributed by atoms with Gasteiger partial charge in [0.2, 0.25) is 0 Å². The highest BCUT2D eigenvalue weighted by atomic mass is 16.5. The van der Waals surface area contributed by atoms with E-state index in [4.69, 9.17) is 4.74 Å². The molecule has 1 unspecified atom stereocenters. The van der Waals surface area contributed by atoms with Crippen LogP contribution in [-0.2, 0) is 6.42 Å². The molecule has 0 radical (unpaired) electrons. The van der Waals surface area contributed by atoms with Crippen molar-refractivity contribution in [1.29, 1.82) is 0 Å². The zero-order valence-electron chi connectivity index (χ0n) is 18.3. The Hall–Kier alpha value is -3.72. The maximum absolute atomic E-state index is 5.52. The van der Waals surface area contributed by atoms with Crippen molar-refractivity contribution in [2.75, 3.05) is 13.7 Å². The summed E-state index contributed by atoms with van der Waals surface area (Å²) in [5, 5.41) is 1.28. The smallest absolute Gasteiger partial charge is 0.119 e.